The van der Waals surface area contributed by atoms with Crippen molar-refractivity contribution in [3.05, 3.63) is 290 Å². The second-order valence-corrected chi connectivity index (χ2v) is 16.4. The molecule has 0 bridgehead atoms. The van der Waals surface area contributed by atoms with E-state index in [4.69, 9.17) is 19.7 Å². The molecule has 0 unspecified atom stereocenters. The van der Waals surface area contributed by atoms with Gasteiger partial charge in [-0.15, -0.1) is 0 Å². The zero-order chi connectivity index (χ0) is 47.9. The van der Waals surface area contributed by atoms with Gasteiger partial charge in [-0.1, -0.05) is 133 Å². The summed E-state index contributed by atoms with van der Waals surface area (Å²) in [5, 5.41) is 13.7. The van der Waals surface area contributed by atoms with Crippen molar-refractivity contribution in [2.45, 2.75) is 0 Å². The molecule has 0 spiro atoms. The number of anilines is 10. The Labute approximate surface area is 415 Å². The van der Waals surface area contributed by atoms with Gasteiger partial charge in [0, 0.05) is 34.1 Å². The molecule has 0 saturated carbocycles. The van der Waals surface area contributed by atoms with E-state index in [-0.39, 0.29) is 6.79 Å². The molecular formula is C63H50N6O2. The number of hydrogen-bond donors (Lipinski definition) is 0. The van der Waals surface area contributed by atoms with Gasteiger partial charge in [-0.25, -0.2) is 10.0 Å². The Morgan fingerprint density at radius 2 is 0.479 bits per heavy atom. The van der Waals surface area contributed by atoms with E-state index >= 15 is 0 Å². The van der Waals surface area contributed by atoms with Gasteiger partial charge in [0.2, 0.25) is 6.79 Å². The second kappa shape index (κ2) is 22.4. The topological polar surface area (TPSA) is 56.1 Å². The molecule has 0 saturated heterocycles. The summed E-state index contributed by atoms with van der Waals surface area (Å²) in [5.74, 6) is 1.39. The van der Waals surface area contributed by atoms with Crippen molar-refractivity contribution >= 4 is 69.3 Å². The van der Waals surface area contributed by atoms with Crippen LogP contribution in [0.4, 0.5) is 56.9 Å². The lowest BCUT2D eigenvalue weighted by atomic mass is 10.1. The van der Waals surface area contributed by atoms with Gasteiger partial charge in [-0.3, -0.25) is 0 Å². The average molecular weight is 923 g/mol. The van der Waals surface area contributed by atoms with Gasteiger partial charge in [0.05, 0.1) is 35.2 Å². The molecule has 10 aromatic rings. The van der Waals surface area contributed by atoms with E-state index in [1.807, 2.05) is 156 Å². The Kier molecular flexibility index (Phi) is 14.3. The summed E-state index contributed by atoms with van der Waals surface area (Å²) in [6, 6.07) is 94.3. The fourth-order valence-electron chi connectivity index (χ4n) is 8.11. The summed E-state index contributed by atoms with van der Waals surface area (Å²) >= 11 is 0. The standard InChI is InChI=1S/C63H50N6O2/c1-7-19-52(20-8-1)66(54-35-31-50(32-36-54)47-64-68(58-23-11-3-12-24-58)59-25-13-4-14-26-59)56-39-43-62(44-40-56)70-49-71-63-45-41-57(42-46-63)67(53-21-9-2-10-22-53)55-37-33-51(34-38-55)48-65-69(60-27-15-5-16-28-60)61-29-17-6-18-30-61/h1-48H,49H2. The summed E-state index contributed by atoms with van der Waals surface area (Å²) in [4.78, 5) is 4.44. The molecule has 0 aromatic heterocycles. The molecule has 0 aliphatic heterocycles. The largest absolute Gasteiger partial charge is 0.458 e. The Hall–Kier alpha value is -9.66. The molecule has 0 radical (unpaired) electrons. The summed E-state index contributed by atoms with van der Waals surface area (Å²) in [5.41, 5.74) is 12.0. The van der Waals surface area contributed by atoms with Crippen LogP contribution >= 0.6 is 0 Å². The number of benzene rings is 10. The van der Waals surface area contributed by atoms with Crippen molar-refractivity contribution in [1.29, 1.82) is 0 Å². The van der Waals surface area contributed by atoms with Gasteiger partial charge in [0.15, 0.2) is 0 Å². The zero-order valence-electron chi connectivity index (χ0n) is 38.9. The fraction of sp³-hybridized carbons (Fsp3) is 0.0159. The first-order chi connectivity index (χ1) is 35.2. The molecule has 8 heteroatoms. The van der Waals surface area contributed by atoms with E-state index in [9.17, 15) is 0 Å². The molecule has 0 heterocycles. The van der Waals surface area contributed by atoms with Crippen molar-refractivity contribution in [2.24, 2.45) is 10.2 Å². The van der Waals surface area contributed by atoms with Gasteiger partial charge in [0.1, 0.15) is 11.5 Å². The molecule has 0 aliphatic carbocycles. The zero-order valence-corrected chi connectivity index (χ0v) is 38.9. The first-order valence-electron chi connectivity index (χ1n) is 23.5. The molecule has 10 aromatic carbocycles. The smallest absolute Gasteiger partial charge is 0.230 e. The Morgan fingerprint density at radius 3 is 0.746 bits per heavy atom. The molecule has 0 aliphatic rings. The van der Waals surface area contributed by atoms with Crippen molar-refractivity contribution in [3.63, 3.8) is 0 Å². The molecule has 10 rings (SSSR count). The van der Waals surface area contributed by atoms with E-state index < -0.39 is 0 Å². The van der Waals surface area contributed by atoms with Crippen LogP contribution in [0.1, 0.15) is 11.1 Å². The van der Waals surface area contributed by atoms with Crippen LogP contribution in [-0.4, -0.2) is 19.2 Å². The van der Waals surface area contributed by atoms with Gasteiger partial charge in [-0.05, 0) is 157 Å². The minimum atomic E-state index is 0.0491. The summed E-state index contributed by atoms with van der Waals surface area (Å²) in [7, 11) is 0. The van der Waals surface area contributed by atoms with Crippen LogP contribution in [0, 0.1) is 0 Å². The third-order valence-electron chi connectivity index (χ3n) is 11.6. The lowest BCUT2D eigenvalue weighted by Gasteiger charge is -2.26. The molecule has 0 atom stereocenters. The molecule has 0 amide bonds. The van der Waals surface area contributed by atoms with Crippen LogP contribution in [0.15, 0.2) is 289 Å². The Bertz CT molecular complexity index is 2930. The van der Waals surface area contributed by atoms with E-state index in [0.29, 0.717) is 11.5 Å². The highest BCUT2D eigenvalue weighted by Crippen LogP contribution is 2.37. The van der Waals surface area contributed by atoms with Crippen LogP contribution in [0.25, 0.3) is 0 Å². The third kappa shape index (κ3) is 11.4. The summed E-state index contributed by atoms with van der Waals surface area (Å²) in [6.45, 7) is 0.0491. The number of rotatable bonds is 18. The highest BCUT2D eigenvalue weighted by atomic mass is 16.7. The molecule has 71 heavy (non-hydrogen) atoms. The molecule has 0 fully saturated rings. The number of para-hydroxylation sites is 6. The van der Waals surface area contributed by atoms with E-state index in [1.165, 1.54) is 0 Å². The molecule has 344 valence electrons. The van der Waals surface area contributed by atoms with Crippen LogP contribution < -0.4 is 29.3 Å². The number of ether oxygens (including phenoxy) is 2. The number of hydrogen-bond acceptors (Lipinski definition) is 8. The van der Waals surface area contributed by atoms with Crippen molar-refractivity contribution in [2.75, 3.05) is 26.6 Å². The highest BCUT2D eigenvalue weighted by Gasteiger charge is 2.15. The van der Waals surface area contributed by atoms with Crippen LogP contribution in [0.5, 0.6) is 11.5 Å². The van der Waals surface area contributed by atoms with Crippen molar-refractivity contribution in [3.8, 4) is 11.5 Å². The fourth-order valence-corrected chi connectivity index (χ4v) is 8.11. The minimum Gasteiger partial charge on any atom is -0.458 e. The minimum absolute atomic E-state index is 0.0491. The Morgan fingerprint density at radius 1 is 0.254 bits per heavy atom. The summed E-state index contributed by atoms with van der Waals surface area (Å²) < 4.78 is 12.2. The van der Waals surface area contributed by atoms with Crippen molar-refractivity contribution < 1.29 is 9.47 Å². The predicted molar refractivity (Wildman–Crippen MR) is 294 cm³/mol. The van der Waals surface area contributed by atoms with E-state index in [0.717, 1.165) is 68.0 Å². The van der Waals surface area contributed by atoms with Gasteiger partial charge in [-0.2, -0.15) is 10.2 Å². The lowest BCUT2D eigenvalue weighted by Crippen LogP contribution is -2.11. The van der Waals surface area contributed by atoms with Gasteiger partial charge in [0.25, 0.3) is 0 Å². The van der Waals surface area contributed by atoms with E-state index in [2.05, 4.69) is 155 Å². The first kappa shape index (κ1) is 45.1. The predicted octanol–water partition coefficient (Wildman–Crippen LogP) is 16.4. The van der Waals surface area contributed by atoms with Gasteiger partial charge < -0.3 is 19.3 Å². The maximum absolute atomic E-state index is 6.11. The lowest BCUT2D eigenvalue weighted by molar-refractivity contribution is 0.120. The number of nitrogens with zero attached hydrogens (tertiary/aromatic N) is 6. The van der Waals surface area contributed by atoms with Crippen LogP contribution in [0.3, 0.4) is 0 Å². The van der Waals surface area contributed by atoms with Crippen molar-refractivity contribution in [1.82, 2.24) is 0 Å². The highest BCUT2D eigenvalue weighted by molar-refractivity contribution is 5.86. The quantitative estimate of drug-likeness (QED) is 0.0485. The maximum Gasteiger partial charge on any atom is 0.230 e. The summed E-state index contributed by atoms with van der Waals surface area (Å²) in [6.07, 6.45) is 3.78. The third-order valence-corrected chi connectivity index (χ3v) is 11.6. The van der Waals surface area contributed by atoms with Crippen LogP contribution in [0.2, 0.25) is 0 Å². The first-order valence-corrected chi connectivity index (χ1v) is 23.5. The average Bonchev–Trinajstić information content (AvgIpc) is 3.44. The molecule has 8 nitrogen and oxygen atoms in total. The number of hydrazone groups is 2. The van der Waals surface area contributed by atoms with E-state index in [1.54, 1.807) is 0 Å². The monoisotopic (exact) mass is 922 g/mol. The molecular weight excluding hydrogens is 873 g/mol. The SMILES string of the molecule is C(=NN(c1ccccc1)c1ccccc1)c1ccc(N(c2ccccc2)c2ccc(OCOc3ccc(N(c4ccccc4)c4ccc(C=NN(c5ccccc5)c5ccccc5)cc4)cc3)cc2)cc1. The normalized spacial score (nSPS) is 11.0. The molecule has 0 N–H and O–H groups in total. The van der Waals surface area contributed by atoms with Gasteiger partial charge >= 0.3 is 0 Å². The Balaban J connectivity index is 0.795. The van der Waals surface area contributed by atoms with Crippen LogP contribution in [-0.2, 0) is 0 Å². The second-order valence-electron chi connectivity index (χ2n) is 16.4. The maximum atomic E-state index is 6.11.